The summed E-state index contributed by atoms with van der Waals surface area (Å²) in [7, 11) is 1.89. The summed E-state index contributed by atoms with van der Waals surface area (Å²) in [6.07, 6.45) is 0. The molecule has 118 valence electrons. The number of nitrogens with zero attached hydrogens (tertiary/aromatic N) is 2. The molecule has 2 aromatic carbocycles. The van der Waals surface area contributed by atoms with Gasteiger partial charge in [0.2, 0.25) is 5.91 Å². The minimum Gasteiger partial charge on any atom is -0.325 e. The lowest BCUT2D eigenvalue weighted by molar-refractivity contribution is -0.120. The van der Waals surface area contributed by atoms with E-state index in [2.05, 4.69) is 11.4 Å². The Morgan fingerprint density at radius 3 is 2.65 bits per heavy atom. The third-order valence-electron chi connectivity index (χ3n) is 3.65. The van der Waals surface area contributed by atoms with Crippen LogP contribution < -0.4 is 5.32 Å². The van der Waals surface area contributed by atoms with Crippen LogP contribution >= 0.6 is 11.6 Å². The molecule has 0 spiro atoms. The largest absolute Gasteiger partial charge is 0.325 e. The number of nitriles is 1. The van der Waals surface area contributed by atoms with Gasteiger partial charge >= 0.3 is 0 Å². The maximum Gasteiger partial charge on any atom is 0.241 e. The van der Waals surface area contributed by atoms with Gasteiger partial charge in [0.15, 0.2) is 0 Å². The summed E-state index contributed by atoms with van der Waals surface area (Å²) in [6, 6.07) is 16.2. The molecule has 0 heterocycles. The second-order valence-corrected chi connectivity index (χ2v) is 5.84. The van der Waals surface area contributed by atoms with Crippen molar-refractivity contribution < 1.29 is 4.79 Å². The number of carbonyl (C=O) groups is 1. The first-order valence-corrected chi connectivity index (χ1v) is 7.63. The average molecular weight is 328 g/mol. The first kappa shape index (κ1) is 17.0. The number of likely N-dealkylation sites (N-methyl/N-ethyl adjacent to an activating group) is 1. The fraction of sp³-hybridized carbons (Fsp3) is 0.222. The van der Waals surface area contributed by atoms with E-state index >= 15 is 0 Å². The van der Waals surface area contributed by atoms with Gasteiger partial charge in [-0.05, 0) is 49.9 Å². The second-order valence-electron chi connectivity index (χ2n) is 5.40. The molecule has 0 aliphatic heterocycles. The highest BCUT2D eigenvalue weighted by atomic mass is 35.5. The number of hydrogen-bond acceptors (Lipinski definition) is 3. The van der Waals surface area contributed by atoms with E-state index < -0.39 is 0 Å². The van der Waals surface area contributed by atoms with Crippen molar-refractivity contribution in [1.82, 2.24) is 4.90 Å². The van der Waals surface area contributed by atoms with Gasteiger partial charge in [-0.1, -0.05) is 29.8 Å². The van der Waals surface area contributed by atoms with E-state index in [1.165, 1.54) is 0 Å². The van der Waals surface area contributed by atoms with E-state index in [1.807, 2.05) is 43.1 Å². The number of benzene rings is 2. The molecule has 5 heteroatoms. The molecule has 0 radical (unpaired) electrons. The zero-order valence-electron chi connectivity index (χ0n) is 13.1. The molecule has 0 aromatic heterocycles. The number of amides is 1. The van der Waals surface area contributed by atoms with Crippen LogP contribution in [0, 0.1) is 11.3 Å². The molecule has 1 amide bonds. The molecule has 2 aromatic rings. The second kappa shape index (κ2) is 7.77. The fourth-order valence-corrected chi connectivity index (χ4v) is 2.25. The Labute approximate surface area is 141 Å². The number of hydrogen-bond donors (Lipinski definition) is 1. The molecular weight excluding hydrogens is 310 g/mol. The number of anilines is 1. The maximum absolute atomic E-state index is 12.3. The molecule has 4 nitrogen and oxygen atoms in total. The van der Waals surface area contributed by atoms with Crippen LogP contribution in [-0.4, -0.2) is 23.9 Å². The molecule has 0 saturated carbocycles. The van der Waals surface area contributed by atoms with E-state index in [9.17, 15) is 4.79 Å². The molecule has 23 heavy (non-hydrogen) atoms. The summed E-state index contributed by atoms with van der Waals surface area (Å²) in [5.74, 6) is -0.114. The molecule has 0 fully saturated rings. The smallest absolute Gasteiger partial charge is 0.241 e. The van der Waals surface area contributed by atoms with Gasteiger partial charge in [-0.15, -0.1) is 0 Å². The Hall–Kier alpha value is -2.35. The van der Waals surface area contributed by atoms with Crippen LogP contribution in [0.4, 0.5) is 5.69 Å². The van der Waals surface area contributed by atoms with Crippen molar-refractivity contribution >= 4 is 23.2 Å². The van der Waals surface area contributed by atoms with Crippen LogP contribution in [0.15, 0.2) is 48.5 Å². The standard InChI is InChI=1S/C18H18ClN3O/c1-13(22(2)12-14-6-8-16(19)9-7-14)18(23)21-17-5-3-4-15(10-17)11-20/h3-10,13H,12H2,1-2H3,(H,21,23)/t13-/m1/s1. The van der Waals surface area contributed by atoms with Gasteiger partial charge < -0.3 is 5.32 Å². The van der Waals surface area contributed by atoms with Crippen molar-refractivity contribution in [2.45, 2.75) is 19.5 Å². The Bertz CT molecular complexity index is 722. The summed E-state index contributed by atoms with van der Waals surface area (Å²) in [5.41, 5.74) is 2.23. The van der Waals surface area contributed by atoms with Gasteiger partial charge in [-0.25, -0.2) is 0 Å². The van der Waals surface area contributed by atoms with Crippen LogP contribution in [0.2, 0.25) is 5.02 Å². The number of carbonyl (C=O) groups excluding carboxylic acids is 1. The summed E-state index contributed by atoms with van der Waals surface area (Å²) < 4.78 is 0. The highest BCUT2D eigenvalue weighted by molar-refractivity contribution is 6.30. The molecule has 0 unspecified atom stereocenters. The molecule has 1 atom stereocenters. The van der Waals surface area contributed by atoms with Crippen LogP contribution in [0.1, 0.15) is 18.1 Å². The van der Waals surface area contributed by atoms with Crippen molar-refractivity contribution in [3.8, 4) is 6.07 Å². The lowest BCUT2D eigenvalue weighted by Crippen LogP contribution is -2.39. The topological polar surface area (TPSA) is 56.1 Å². The fourth-order valence-electron chi connectivity index (χ4n) is 2.13. The molecular formula is C18H18ClN3O. The van der Waals surface area contributed by atoms with Gasteiger partial charge in [-0.3, -0.25) is 9.69 Å². The molecule has 0 bridgehead atoms. The van der Waals surface area contributed by atoms with Crippen LogP contribution in [-0.2, 0) is 11.3 Å². The van der Waals surface area contributed by atoms with E-state index in [0.717, 1.165) is 5.56 Å². The highest BCUT2D eigenvalue weighted by Crippen LogP contribution is 2.14. The van der Waals surface area contributed by atoms with Gasteiger partial charge in [-0.2, -0.15) is 5.26 Å². The molecule has 0 saturated heterocycles. The lowest BCUT2D eigenvalue weighted by Gasteiger charge is -2.24. The molecule has 0 aliphatic carbocycles. The average Bonchev–Trinajstić information content (AvgIpc) is 2.56. The Kier molecular flexibility index (Phi) is 5.75. The first-order valence-electron chi connectivity index (χ1n) is 7.25. The lowest BCUT2D eigenvalue weighted by atomic mass is 10.1. The predicted molar refractivity (Wildman–Crippen MR) is 92.2 cm³/mol. The van der Waals surface area contributed by atoms with E-state index in [-0.39, 0.29) is 11.9 Å². The molecule has 0 aliphatic rings. The van der Waals surface area contributed by atoms with Gasteiger partial charge in [0.1, 0.15) is 0 Å². The SMILES string of the molecule is C[C@H](C(=O)Nc1cccc(C#N)c1)N(C)Cc1ccc(Cl)cc1. The maximum atomic E-state index is 12.3. The van der Waals surface area contributed by atoms with E-state index in [0.29, 0.717) is 22.8 Å². The molecule has 1 N–H and O–H groups in total. The monoisotopic (exact) mass is 327 g/mol. The number of halogens is 1. The Balaban J connectivity index is 1.98. The van der Waals surface area contributed by atoms with Crippen LogP contribution in [0.5, 0.6) is 0 Å². The van der Waals surface area contributed by atoms with Gasteiger partial charge in [0.25, 0.3) is 0 Å². The minimum atomic E-state index is -0.309. The number of nitrogens with one attached hydrogen (secondary N) is 1. The van der Waals surface area contributed by atoms with Gasteiger partial charge in [0, 0.05) is 17.3 Å². The van der Waals surface area contributed by atoms with E-state index in [1.54, 1.807) is 24.3 Å². The van der Waals surface area contributed by atoms with Crippen molar-refractivity contribution in [3.63, 3.8) is 0 Å². The third-order valence-corrected chi connectivity index (χ3v) is 3.90. The zero-order chi connectivity index (χ0) is 16.8. The van der Waals surface area contributed by atoms with Crippen LogP contribution in [0.25, 0.3) is 0 Å². The van der Waals surface area contributed by atoms with Crippen molar-refractivity contribution in [3.05, 3.63) is 64.7 Å². The Morgan fingerprint density at radius 1 is 1.30 bits per heavy atom. The summed E-state index contributed by atoms with van der Waals surface area (Å²) in [5, 5.41) is 12.4. The number of rotatable bonds is 5. The zero-order valence-corrected chi connectivity index (χ0v) is 13.8. The summed E-state index contributed by atoms with van der Waals surface area (Å²) >= 11 is 5.88. The van der Waals surface area contributed by atoms with Gasteiger partial charge in [0.05, 0.1) is 17.7 Å². The Morgan fingerprint density at radius 2 is 2.00 bits per heavy atom. The van der Waals surface area contributed by atoms with E-state index in [4.69, 9.17) is 16.9 Å². The van der Waals surface area contributed by atoms with Crippen molar-refractivity contribution in [2.24, 2.45) is 0 Å². The molecule has 2 rings (SSSR count). The highest BCUT2D eigenvalue weighted by Gasteiger charge is 2.18. The summed E-state index contributed by atoms with van der Waals surface area (Å²) in [4.78, 5) is 14.3. The predicted octanol–water partition coefficient (Wildman–Crippen LogP) is 3.67. The minimum absolute atomic E-state index is 0.114. The quantitative estimate of drug-likeness (QED) is 0.911. The summed E-state index contributed by atoms with van der Waals surface area (Å²) in [6.45, 7) is 2.49. The first-order chi connectivity index (χ1) is 11.0. The van der Waals surface area contributed by atoms with Crippen molar-refractivity contribution in [1.29, 1.82) is 5.26 Å². The van der Waals surface area contributed by atoms with Crippen molar-refractivity contribution in [2.75, 3.05) is 12.4 Å². The van der Waals surface area contributed by atoms with Crippen LogP contribution in [0.3, 0.4) is 0 Å². The normalized spacial score (nSPS) is 11.8. The third kappa shape index (κ3) is 4.82.